The highest BCUT2D eigenvalue weighted by atomic mass is 32.1. The Kier molecular flexibility index (Phi) is 4.07. The fraction of sp³-hybridized carbons (Fsp3) is 0.0556. The normalized spacial score (nSPS) is 11.8. The van der Waals surface area contributed by atoms with Crippen LogP contribution in [0.2, 0.25) is 0 Å². The second-order valence-corrected chi connectivity index (χ2v) is 6.85. The minimum absolute atomic E-state index is 0.168. The molecule has 0 radical (unpaired) electrons. The summed E-state index contributed by atoms with van der Waals surface area (Å²) in [5.41, 5.74) is -2.08. The Hall–Kier alpha value is -3.40. The highest BCUT2D eigenvalue weighted by Gasteiger charge is 2.31. The molecule has 0 fully saturated rings. The van der Waals surface area contributed by atoms with Gasteiger partial charge in [0.15, 0.2) is 5.56 Å². The van der Waals surface area contributed by atoms with Crippen LogP contribution < -0.4 is 10.9 Å². The van der Waals surface area contributed by atoms with Crippen molar-refractivity contribution < 1.29 is 23.1 Å². The van der Waals surface area contributed by atoms with Gasteiger partial charge in [-0.2, -0.15) is 18.2 Å². The smallest absolute Gasteiger partial charge is 0.416 e. The first kappa shape index (κ1) is 18.0. The minimum atomic E-state index is -4.58. The number of aromatic nitrogens is 2. The lowest BCUT2D eigenvalue weighted by Crippen LogP contribution is -2.26. The second kappa shape index (κ2) is 6.34. The fourth-order valence-corrected chi connectivity index (χ4v) is 3.78. The van der Waals surface area contributed by atoms with Gasteiger partial charge >= 0.3 is 6.18 Å². The van der Waals surface area contributed by atoms with Crippen molar-refractivity contribution in [1.82, 2.24) is 9.38 Å². The number of carbonyl (C=O) groups excluding carboxylic acids is 1. The second-order valence-electron chi connectivity index (χ2n) is 5.84. The van der Waals surface area contributed by atoms with Crippen molar-refractivity contribution in [2.75, 3.05) is 5.32 Å². The van der Waals surface area contributed by atoms with Gasteiger partial charge in [0.1, 0.15) is 0 Å². The molecule has 2 aromatic heterocycles. The first-order valence-corrected chi connectivity index (χ1v) is 8.69. The summed E-state index contributed by atoms with van der Waals surface area (Å²) in [6.07, 6.45) is -4.58. The number of hydrogen-bond acceptors (Lipinski definition) is 5. The zero-order valence-corrected chi connectivity index (χ0v) is 14.6. The third-order valence-corrected chi connectivity index (χ3v) is 5.04. The predicted molar refractivity (Wildman–Crippen MR) is 97.9 cm³/mol. The van der Waals surface area contributed by atoms with Crippen LogP contribution in [0.3, 0.4) is 0 Å². The van der Waals surface area contributed by atoms with E-state index in [9.17, 15) is 27.9 Å². The van der Waals surface area contributed by atoms with Crippen molar-refractivity contribution in [3.8, 4) is 5.88 Å². The number of fused-ring (bicyclic) bond motifs is 3. The van der Waals surface area contributed by atoms with Crippen molar-refractivity contribution in [3.05, 3.63) is 70.0 Å². The van der Waals surface area contributed by atoms with E-state index in [0.29, 0.717) is 5.52 Å². The Morgan fingerprint density at radius 3 is 2.64 bits per heavy atom. The van der Waals surface area contributed by atoms with E-state index in [1.54, 1.807) is 24.3 Å². The van der Waals surface area contributed by atoms with E-state index in [0.717, 1.165) is 34.2 Å². The maximum atomic E-state index is 12.8. The number of amides is 1. The van der Waals surface area contributed by atoms with E-state index in [2.05, 4.69) is 10.3 Å². The number of benzene rings is 2. The molecule has 2 aromatic carbocycles. The molecular weight excluding hydrogens is 395 g/mol. The third kappa shape index (κ3) is 2.97. The van der Waals surface area contributed by atoms with Crippen LogP contribution >= 0.6 is 11.3 Å². The summed E-state index contributed by atoms with van der Waals surface area (Å²) in [4.78, 5) is 29.4. The van der Waals surface area contributed by atoms with Crippen LogP contribution in [0.5, 0.6) is 5.88 Å². The van der Waals surface area contributed by atoms with E-state index in [1.165, 1.54) is 10.5 Å². The molecule has 4 aromatic rings. The summed E-state index contributed by atoms with van der Waals surface area (Å²) in [5.74, 6) is -1.85. The number of nitrogens with zero attached hydrogens (tertiary/aromatic N) is 2. The van der Waals surface area contributed by atoms with Gasteiger partial charge in [-0.1, -0.05) is 29.5 Å². The molecule has 0 aliphatic carbocycles. The number of nitrogens with one attached hydrogen (secondary N) is 1. The summed E-state index contributed by atoms with van der Waals surface area (Å²) in [5, 5.41) is 12.3. The molecule has 0 atom stereocenters. The van der Waals surface area contributed by atoms with Gasteiger partial charge in [0.25, 0.3) is 11.5 Å². The molecule has 6 nitrogen and oxygen atoms in total. The van der Waals surface area contributed by atoms with Crippen LogP contribution in [0.25, 0.3) is 15.2 Å². The number of para-hydroxylation sites is 1. The minimum Gasteiger partial charge on any atom is -0.492 e. The molecule has 142 valence electrons. The highest BCUT2D eigenvalue weighted by Crippen LogP contribution is 2.31. The Labute approximate surface area is 158 Å². The quantitative estimate of drug-likeness (QED) is 0.530. The third-order valence-electron chi connectivity index (χ3n) is 4.02. The number of carbonyl (C=O) groups is 1. The van der Waals surface area contributed by atoms with Gasteiger partial charge in [0.05, 0.1) is 15.8 Å². The molecule has 4 rings (SSSR count). The summed E-state index contributed by atoms with van der Waals surface area (Å²) in [6.45, 7) is 0. The van der Waals surface area contributed by atoms with Crippen molar-refractivity contribution in [3.63, 3.8) is 0 Å². The van der Waals surface area contributed by atoms with Crippen molar-refractivity contribution in [1.29, 1.82) is 0 Å². The Bertz CT molecular complexity index is 1290. The molecule has 2 heterocycles. The largest absolute Gasteiger partial charge is 0.492 e. The van der Waals surface area contributed by atoms with Crippen molar-refractivity contribution in [2.45, 2.75) is 6.18 Å². The number of rotatable bonds is 2. The van der Waals surface area contributed by atoms with Gasteiger partial charge in [-0.25, -0.2) is 0 Å². The van der Waals surface area contributed by atoms with Crippen LogP contribution in [0.1, 0.15) is 15.9 Å². The van der Waals surface area contributed by atoms with Crippen LogP contribution in [0, 0.1) is 0 Å². The van der Waals surface area contributed by atoms with Gasteiger partial charge in [0.2, 0.25) is 10.8 Å². The van der Waals surface area contributed by atoms with Gasteiger partial charge in [-0.05, 0) is 30.3 Å². The van der Waals surface area contributed by atoms with Crippen LogP contribution in [0.15, 0.2) is 53.3 Å². The van der Waals surface area contributed by atoms with E-state index < -0.39 is 34.6 Å². The molecule has 0 saturated heterocycles. The lowest BCUT2D eigenvalue weighted by atomic mass is 10.2. The zero-order valence-electron chi connectivity index (χ0n) is 13.8. The Morgan fingerprint density at radius 1 is 1.14 bits per heavy atom. The van der Waals surface area contributed by atoms with Gasteiger partial charge < -0.3 is 10.4 Å². The van der Waals surface area contributed by atoms with Crippen LogP contribution in [-0.2, 0) is 6.18 Å². The molecular formula is C18H10F3N3O3S. The first-order valence-electron chi connectivity index (χ1n) is 7.87. The molecule has 28 heavy (non-hydrogen) atoms. The maximum absolute atomic E-state index is 12.8. The van der Waals surface area contributed by atoms with Crippen LogP contribution in [0.4, 0.5) is 18.9 Å². The molecule has 0 bridgehead atoms. The lowest BCUT2D eigenvalue weighted by Gasteiger charge is -2.10. The molecule has 0 aliphatic rings. The number of aromatic hydroxyl groups is 1. The van der Waals surface area contributed by atoms with E-state index in [4.69, 9.17) is 0 Å². The van der Waals surface area contributed by atoms with Gasteiger partial charge in [0, 0.05) is 5.69 Å². The number of hydrogen-bond donors (Lipinski definition) is 2. The van der Waals surface area contributed by atoms with Gasteiger partial charge in [-0.15, -0.1) is 0 Å². The average Bonchev–Trinajstić information content (AvgIpc) is 2.99. The topological polar surface area (TPSA) is 83.7 Å². The SMILES string of the molecule is O=C(Nc1cccc(C(F)(F)F)c1)c1c(O)nc2sc3ccccc3n2c1=O. The predicted octanol–water partition coefficient (Wildman–Crippen LogP) is 3.89. The molecule has 1 amide bonds. The molecule has 0 spiro atoms. The molecule has 10 heteroatoms. The number of alkyl halides is 3. The van der Waals surface area contributed by atoms with Gasteiger partial charge in [-0.3, -0.25) is 14.0 Å². The van der Waals surface area contributed by atoms with E-state index in [-0.39, 0.29) is 10.6 Å². The molecule has 0 saturated carbocycles. The highest BCUT2D eigenvalue weighted by molar-refractivity contribution is 7.23. The Morgan fingerprint density at radius 2 is 1.89 bits per heavy atom. The lowest BCUT2D eigenvalue weighted by molar-refractivity contribution is -0.137. The standard InChI is InChI=1S/C18H10F3N3O3S/c19-18(20,21)9-4-3-5-10(8-9)22-14(25)13-15(26)23-17-24(16(13)27)11-6-1-2-7-12(11)28-17/h1-8,26H,(H,22,25). The van der Waals surface area contributed by atoms with E-state index in [1.807, 2.05) is 0 Å². The zero-order chi connectivity index (χ0) is 20.1. The monoisotopic (exact) mass is 405 g/mol. The summed E-state index contributed by atoms with van der Waals surface area (Å²) >= 11 is 1.15. The fourth-order valence-electron chi connectivity index (χ4n) is 2.76. The molecule has 0 unspecified atom stereocenters. The summed E-state index contributed by atoms with van der Waals surface area (Å²) in [6, 6.07) is 10.8. The maximum Gasteiger partial charge on any atom is 0.416 e. The Balaban J connectivity index is 1.80. The molecule has 2 N–H and O–H groups in total. The first-order chi connectivity index (χ1) is 13.3. The summed E-state index contributed by atoms with van der Waals surface area (Å²) < 4.78 is 40.4. The van der Waals surface area contributed by atoms with Crippen molar-refractivity contribution in [2.24, 2.45) is 0 Å². The number of halogens is 3. The average molecular weight is 405 g/mol. The summed E-state index contributed by atoms with van der Waals surface area (Å²) in [7, 11) is 0. The van der Waals surface area contributed by atoms with Crippen LogP contribution in [-0.4, -0.2) is 20.4 Å². The number of anilines is 1. The number of thiazole rings is 1. The van der Waals surface area contributed by atoms with Crippen molar-refractivity contribution >= 4 is 38.1 Å². The molecule has 0 aliphatic heterocycles. The van der Waals surface area contributed by atoms with E-state index >= 15 is 0 Å².